The molecule has 0 aromatic carbocycles. The summed E-state index contributed by atoms with van der Waals surface area (Å²) in [6.07, 6.45) is 1.91. The molecule has 0 amide bonds. The van der Waals surface area contributed by atoms with Crippen molar-refractivity contribution in [3.8, 4) is 6.01 Å². The van der Waals surface area contributed by atoms with Gasteiger partial charge in [0.2, 0.25) is 0 Å². The van der Waals surface area contributed by atoms with Crippen molar-refractivity contribution in [2.24, 2.45) is 0 Å². The molecule has 0 saturated heterocycles. The largest absolute Gasteiger partial charge is 0.467 e. The van der Waals surface area contributed by atoms with E-state index in [9.17, 15) is 0 Å². The van der Waals surface area contributed by atoms with Crippen molar-refractivity contribution in [1.82, 2.24) is 15.0 Å². The van der Waals surface area contributed by atoms with Gasteiger partial charge in [-0.2, -0.15) is 9.97 Å². The number of rotatable bonds is 2. The Kier molecular flexibility index (Phi) is 2.64. The van der Waals surface area contributed by atoms with Gasteiger partial charge in [0, 0.05) is 0 Å². The Balaban J connectivity index is 3.02. The van der Waals surface area contributed by atoms with Crippen molar-refractivity contribution in [3.05, 3.63) is 5.82 Å². The van der Waals surface area contributed by atoms with Crippen LogP contribution in [0.1, 0.15) is 5.82 Å². The van der Waals surface area contributed by atoms with Crippen molar-refractivity contribution >= 4 is 11.8 Å². The highest BCUT2D eigenvalue weighted by Crippen LogP contribution is 2.10. The molecule has 1 aromatic heterocycles. The van der Waals surface area contributed by atoms with Crippen molar-refractivity contribution in [2.45, 2.75) is 12.1 Å². The average molecular weight is 171 g/mol. The van der Waals surface area contributed by atoms with Crippen LogP contribution in [0.25, 0.3) is 0 Å². The average Bonchev–Trinajstić information content (AvgIpc) is 2.03. The summed E-state index contributed by atoms with van der Waals surface area (Å²) in [5.41, 5.74) is 0. The fourth-order valence-electron chi connectivity index (χ4n) is 0.616. The molecule has 0 aliphatic heterocycles. The standard InChI is InChI=1S/C6H9N3OS/c1-4-7-5(10-2)9-6(8-4)11-3/h1-3H3. The predicted molar refractivity (Wildman–Crippen MR) is 42.9 cm³/mol. The molecule has 5 heteroatoms. The van der Waals surface area contributed by atoms with Crippen LogP contribution in [-0.4, -0.2) is 28.3 Å². The lowest BCUT2D eigenvalue weighted by Gasteiger charge is -1.99. The third-order valence-electron chi connectivity index (χ3n) is 1.07. The molecule has 4 nitrogen and oxygen atoms in total. The molecule has 0 bridgehead atoms. The monoisotopic (exact) mass is 171 g/mol. The Morgan fingerprint density at radius 2 is 2.00 bits per heavy atom. The van der Waals surface area contributed by atoms with Crippen molar-refractivity contribution < 1.29 is 4.74 Å². The second-order valence-corrected chi connectivity index (χ2v) is 2.63. The van der Waals surface area contributed by atoms with Crippen molar-refractivity contribution in [2.75, 3.05) is 13.4 Å². The molecule has 1 rings (SSSR count). The number of hydrogen-bond acceptors (Lipinski definition) is 5. The van der Waals surface area contributed by atoms with Gasteiger partial charge in [-0.3, -0.25) is 0 Å². The van der Waals surface area contributed by atoms with E-state index in [2.05, 4.69) is 15.0 Å². The van der Waals surface area contributed by atoms with Crippen molar-refractivity contribution in [3.63, 3.8) is 0 Å². The minimum absolute atomic E-state index is 0.377. The first-order valence-corrected chi connectivity index (χ1v) is 4.29. The number of aromatic nitrogens is 3. The molecule has 1 aromatic rings. The lowest BCUT2D eigenvalue weighted by Crippen LogP contribution is -1.98. The Hall–Kier alpha value is -0.840. The minimum atomic E-state index is 0.377. The first-order valence-electron chi connectivity index (χ1n) is 3.07. The molecule has 1 heterocycles. The summed E-state index contributed by atoms with van der Waals surface area (Å²) in [5, 5.41) is 0.689. The van der Waals surface area contributed by atoms with Crippen LogP contribution in [0.3, 0.4) is 0 Å². The molecule has 0 radical (unpaired) electrons. The van der Waals surface area contributed by atoms with E-state index in [1.54, 1.807) is 7.11 Å². The van der Waals surface area contributed by atoms with E-state index in [1.165, 1.54) is 11.8 Å². The fraction of sp³-hybridized carbons (Fsp3) is 0.500. The molecule has 11 heavy (non-hydrogen) atoms. The predicted octanol–water partition coefficient (Wildman–Crippen LogP) is 0.911. The van der Waals surface area contributed by atoms with Gasteiger partial charge in [-0.15, -0.1) is 0 Å². The van der Waals surface area contributed by atoms with E-state index in [1.807, 2.05) is 13.2 Å². The quantitative estimate of drug-likeness (QED) is 0.619. The van der Waals surface area contributed by atoms with Crippen LogP contribution >= 0.6 is 11.8 Å². The summed E-state index contributed by atoms with van der Waals surface area (Å²) in [4.78, 5) is 12.0. The molecule has 0 atom stereocenters. The van der Waals surface area contributed by atoms with Crippen LogP contribution in [0.5, 0.6) is 6.01 Å². The second kappa shape index (κ2) is 3.52. The van der Waals surface area contributed by atoms with Gasteiger partial charge in [-0.1, -0.05) is 11.8 Å². The molecule has 0 fully saturated rings. The van der Waals surface area contributed by atoms with Crippen LogP contribution in [0.2, 0.25) is 0 Å². The van der Waals surface area contributed by atoms with Gasteiger partial charge in [0.05, 0.1) is 7.11 Å². The van der Waals surface area contributed by atoms with Crippen LogP contribution in [0, 0.1) is 6.92 Å². The lowest BCUT2D eigenvalue weighted by atomic mass is 10.7. The summed E-state index contributed by atoms with van der Waals surface area (Å²) >= 11 is 1.47. The molecular formula is C6H9N3OS. The number of thioether (sulfide) groups is 1. The zero-order chi connectivity index (χ0) is 8.27. The fourth-order valence-corrected chi connectivity index (χ4v) is 1.01. The topological polar surface area (TPSA) is 47.9 Å². The van der Waals surface area contributed by atoms with Gasteiger partial charge in [0.1, 0.15) is 5.82 Å². The van der Waals surface area contributed by atoms with Crippen molar-refractivity contribution in [1.29, 1.82) is 0 Å². The summed E-state index contributed by atoms with van der Waals surface area (Å²) in [6, 6.07) is 0.377. The lowest BCUT2D eigenvalue weighted by molar-refractivity contribution is 0.371. The van der Waals surface area contributed by atoms with E-state index in [0.717, 1.165) is 0 Å². The van der Waals surface area contributed by atoms with E-state index < -0.39 is 0 Å². The Bertz CT molecular complexity index is 231. The Labute approximate surface area is 69.4 Å². The SMILES string of the molecule is COc1nc(C)nc(SC)n1. The maximum Gasteiger partial charge on any atom is 0.320 e. The van der Waals surface area contributed by atoms with Gasteiger partial charge in [-0.25, -0.2) is 4.98 Å². The van der Waals surface area contributed by atoms with Gasteiger partial charge < -0.3 is 4.74 Å². The first kappa shape index (κ1) is 8.26. The highest BCUT2D eigenvalue weighted by atomic mass is 32.2. The molecule has 60 valence electrons. The normalized spacial score (nSPS) is 9.73. The number of ether oxygens (including phenoxy) is 1. The highest BCUT2D eigenvalue weighted by Gasteiger charge is 2.00. The number of methoxy groups -OCH3 is 1. The third-order valence-corrected chi connectivity index (χ3v) is 1.62. The minimum Gasteiger partial charge on any atom is -0.467 e. The third kappa shape index (κ3) is 2.04. The molecule has 0 N–H and O–H groups in total. The van der Waals surface area contributed by atoms with E-state index in [-0.39, 0.29) is 0 Å². The summed E-state index contributed by atoms with van der Waals surface area (Å²) in [5.74, 6) is 0.682. The summed E-state index contributed by atoms with van der Waals surface area (Å²) in [7, 11) is 1.54. The van der Waals surface area contributed by atoms with Gasteiger partial charge >= 0.3 is 6.01 Å². The van der Waals surface area contributed by atoms with Crippen LogP contribution < -0.4 is 4.74 Å². The van der Waals surface area contributed by atoms with E-state index in [4.69, 9.17) is 4.74 Å². The summed E-state index contributed by atoms with van der Waals surface area (Å²) < 4.78 is 4.86. The smallest absolute Gasteiger partial charge is 0.320 e. The van der Waals surface area contributed by atoms with Crippen LogP contribution in [-0.2, 0) is 0 Å². The van der Waals surface area contributed by atoms with Gasteiger partial charge in [0.15, 0.2) is 5.16 Å². The zero-order valence-corrected chi connectivity index (χ0v) is 7.47. The first-order chi connectivity index (χ1) is 5.26. The van der Waals surface area contributed by atoms with Crippen LogP contribution in [0.15, 0.2) is 5.16 Å². The Morgan fingerprint density at radius 3 is 2.55 bits per heavy atom. The molecule has 0 aliphatic rings. The molecule has 0 saturated carbocycles. The zero-order valence-electron chi connectivity index (χ0n) is 6.66. The Morgan fingerprint density at radius 1 is 1.27 bits per heavy atom. The van der Waals surface area contributed by atoms with Gasteiger partial charge in [-0.05, 0) is 13.2 Å². The number of hydrogen-bond donors (Lipinski definition) is 0. The molecule has 0 aliphatic carbocycles. The maximum absolute atomic E-state index is 4.86. The molecular weight excluding hydrogens is 162 g/mol. The summed E-state index contributed by atoms with van der Waals surface area (Å²) in [6.45, 7) is 1.81. The number of nitrogens with zero attached hydrogens (tertiary/aromatic N) is 3. The van der Waals surface area contributed by atoms with Crippen LogP contribution in [0.4, 0.5) is 0 Å². The number of aryl methyl sites for hydroxylation is 1. The highest BCUT2D eigenvalue weighted by molar-refractivity contribution is 7.98. The molecule has 0 spiro atoms. The maximum atomic E-state index is 4.86. The second-order valence-electron chi connectivity index (χ2n) is 1.86. The van der Waals surface area contributed by atoms with E-state index >= 15 is 0 Å². The van der Waals surface area contributed by atoms with Gasteiger partial charge in [0.25, 0.3) is 0 Å². The molecule has 0 unspecified atom stereocenters. The van der Waals surface area contributed by atoms with E-state index in [0.29, 0.717) is 17.0 Å².